The Kier molecular flexibility index (Phi) is 22.0. The van der Waals surface area contributed by atoms with Crippen molar-refractivity contribution < 1.29 is 71.9 Å². The summed E-state index contributed by atoms with van der Waals surface area (Å²) in [7, 11) is 5.86. The summed E-state index contributed by atoms with van der Waals surface area (Å²) >= 11 is 6.79. The van der Waals surface area contributed by atoms with Gasteiger partial charge in [0.2, 0.25) is 41.4 Å². The summed E-state index contributed by atoms with van der Waals surface area (Å²) in [6.07, 6.45) is 1.86. The molecule has 1 aromatic rings. The number of halogens is 1. The molecule has 24 nitrogen and oxygen atoms in total. The number of hydrogen-bond donors (Lipinski definition) is 8. The number of esters is 1. The van der Waals surface area contributed by atoms with E-state index in [4.69, 9.17) is 41.0 Å². The molecule has 3 heterocycles. The summed E-state index contributed by atoms with van der Waals surface area (Å²) in [6, 6.07) is 2.42. The van der Waals surface area contributed by atoms with Crippen LogP contribution >= 0.6 is 11.6 Å². The number of nitrogens with two attached hydrogens (primary N) is 1. The van der Waals surface area contributed by atoms with Gasteiger partial charge in [-0.05, 0) is 57.7 Å². The fourth-order valence-electron chi connectivity index (χ4n) is 8.24. The Labute approximate surface area is 429 Å². The van der Waals surface area contributed by atoms with Crippen molar-refractivity contribution in [2.24, 2.45) is 11.7 Å². The van der Waals surface area contributed by atoms with E-state index in [1.54, 1.807) is 38.1 Å². The maximum Gasteiger partial charge on any atom is 0.409 e. The SMILES string of the molecule is COc1cc2cc(c1Cl)N(C)C(=O)C[C@H](OC(=O)[C@H](C)N(C)C(=O)CCCCCNC(=O)CNC(=O)CNC(=O)CNC(=O)CNC(=O)CN)[C@]1(C)O[C@H]1[C@H](C)[C@@H]1C[C@@](O)(NC(=O)O1)[C@H](OC)/C=C/C=C(\C)C2. The van der Waals surface area contributed by atoms with Gasteiger partial charge in [0.15, 0.2) is 5.72 Å². The number of amides is 8. The third-order valence-corrected chi connectivity index (χ3v) is 13.3. The number of benzene rings is 1. The number of rotatable bonds is 20. The third kappa shape index (κ3) is 16.9. The first-order valence-corrected chi connectivity index (χ1v) is 24.2. The molecule has 0 saturated carbocycles. The van der Waals surface area contributed by atoms with Gasteiger partial charge >= 0.3 is 12.1 Å². The molecule has 4 bridgehead atoms. The molecule has 25 heteroatoms. The van der Waals surface area contributed by atoms with E-state index in [1.807, 2.05) is 13.0 Å². The molecule has 3 aliphatic rings. The van der Waals surface area contributed by atoms with Crippen LogP contribution in [0.1, 0.15) is 71.8 Å². The average Bonchev–Trinajstić information content (AvgIpc) is 4.06. The molecule has 8 atom stereocenters. The summed E-state index contributed by atoms with van der Waals surface area (Å²) in [5.41, 5.74) is 3.95. The van der Waals surface area contributed by atoms with E-state index in [1.165, 1.54) is 45.0 Å². The molecule has 0 spiro atoms. The molecule has 8 amide bonds. The standard InChI is InChI=1S/C48H70ClN9O15/c1-27-13-12-14-34(70-8)48(68)21-33(71-46(67)56-48)28(2)44-47(4,73-44)35(20-42(65)58(6)31-18-30(17-27)19-32(69-7)43(31)49)72-45(66)29(3)57(5)41(64)15-10-9-11-16-51-37(60)23-53-39(62)25-55-40(63)26-54-38(61)24-52-36(59)22-50/h12-14,18-19,28-29,33-35,44,68H,9-11,15-17,20-26,50H2,1-8H3,(H,51,60)(H,52,59)(H,53,62)(H,54,61)(H,55,63)(H,56,67)/b14-12+,27-13+/t28-,29+,33+,34-,35+,44+,47+,48+/m1/s1. The van der Waals surface area contributed by atoms with Crippen LogP contribution < -0.4 is 47.3 Å². The lowest BCUT2D eigenvalue weighted by Gasteiger charge is -2.42. The van der Waals surface area contributed by atoms with E-state index >= 15 is 0 Å². The number of carbonyl (C=O) groups excluding carboxylic acids is 9. The van der Waals surface area contributed by atoms with Gasteiger partial charge < -0.3 is 70.9 Å². The molecule has 4 rings (SSSR count). The number of allylic oxidation sites excluding steroid dienone is 3. The topological polar surface area (TPSA) is 328 Å². The maximum absolute atomic E-state index is 14.3. The van der Waals surface area contributed by atoms with Gasteiger partial charge in [-0.25, -0.2) is 9.59 Å². The molecule has 404 valence electrons. The van der Waals surface area contributed by atoms with Gasteiger partial charge in [0.05, 0.1) is 58.0 Å². The Morgan fingerprint density at radius 3 is 2.15 bits per heavy atom. The molecule has 9 N–H and O–H groups in total. The molecular weight excluding hydrogens is 978 g/mol. The van der Waals surface area contributed by atoms with Crippen molar-refractivity contribution in [2.75, 3.05) is 72.5 Å². The van der Waals surface area contributed by atoms with Crippen LogP contribution in [0.15, 0.2) is 35.9 Å². The van der Waals surface area contributed by atoms with Crippen LogP contribution in [0.4, 0.5) is 10.5 Å². The van der Waals surface area contributed by atoms with Gasteiger partial charge in [0, 0.05) is 46.5 Å². The normalized spacial score (nSPS) is 25.4. The minimum absolute atomic E-state index is 0.0606. The maximum atomic E-state index is 14.3. The molecule has 0 radical (unpaired) electrons. The highest BCUT2D eigenvalue weighted by molar-refractivity contribution is 6.35. The van der Waals surface area contributed by atoms with Crippen LogP contribution in [-0.2, 0) is 63.7 Å². The van der Waals surface area contributed by atoms with Crippen molar-refractivity contribution >= 4 is 70.7 Å². The number of ether oxygens (including phenoxy) is 5. The van der Waals surface area contributed by atoms with Crippen LogP contribution in [0.2, 0.25) is 5.02 Å². The van der Waals surface area contributed by atoms with Gasteiger partial charge in [0.25, 0.3) is 0 Å². The van der Waals surface area contributed by atoms with Crippen molar-refractivity contribution in [3.8, 4) is 5.75 Å². The van der Waals surface area contributed by atoms with Gasteiger partial charge in [-0.15, -0.1) is 0 Å². The van der Waals surface area contributed by atoms with Crippen molar-refractivity contribution in [1.82, 2.24) is 36.8 Å². The zero-order chi connectivity index (χ0) is 54.2. The highest BCUT2D eigenvalue weighted by atomic mass is 35.5. The summed E-state index contributed by atoms with van der Waals surface area (Å²) in [4.78, 5) is 116. The minimum Gasteiger partial charge on any atom is -0.495 e. The highest BCUT2D eigenvalue weighted by Crippen LogP contribution is 2.49. The number of hydrogen-bond acceptors (Lipinski definition) is 16. The zero-order valence-corrected chi connectivity index (χ0v) is 43.3. The van der Waals surface area contributed by atoms with Crippen LogP contribution in [-0.4, -0.2) is 173 Å². The Morgan fingerprint density at radius 1 is 0.959 bits per heavy atom. The summed E-state index contributed by atoms with van der Waals surface area (Å²) in [5.74, 6) is -4.92. The first-order chi connectivity index (χ1) is 34.5. The largest absolute Gasteiger partial charge is 0.495 e. The molecule has 0 unspecified atom stereocenters. The molecule has 73 heavy (non-hydrogen) atoms. The fraction of sp³-hybridized carbons (Fsp3) is 0.604. The van der Waals surface area contributed by atoms with Crippen molar-refractivity contribution in [3.05, 3.63) is 46.5 Å². The lowest BCUT2D eigenvalue weighted by Crippen LogP contribution is -2.63. The second-order valence-corrected chi connectivity index (χ2v) is 18.8. The Balaban J connectivity index is 1.34. The number of anilines is 1. The predicted octanol–water partition coefficient (Wildman–Crippen LogP) is -0.385. The van der Waals surface area contributed by atoms with E-state index in [9.17, 15) is 48.3 Å². The molecular formula is C48H70ClN9O15. The summed E-state index contributed by atoms with van der Waals surface area (Å²) in [5, 5.41) is 26.3. The van der Waals surface area contributed by atoms with Gasteiger partial charge in [-0.2, -0.15) is 0 Å². The quantitative estimate of drug-likeness (QED) is 0.0469. The minimum atomic E-state index is -1.88. The van der Waals surface area contributed by atoms with Gasteiger partial charge in [0.1, 0.15) is 40.7 Å². The number of aliphatic hydroxyl groups is 1. The lowest BCUT2D eigenvalue weighted by atomic mass is 9.83. The first-order valence-electron chi connectivity index (χ1n) is 23.8. The molecule has 2 fully saturated rings. The predicted molar refractivity (Wildman–Crippen MR) is 264 cm³/mol. The van der Waals surface area contributed by atoms with Gasteiger partial charge in [-0.3, -0.25) is 38.9 Å². The number of likely N-dealkylation sites (N-methyl/N-ethyl adjacent to an activating group) is 1. The monoisotopic (exact) mass is 1050 g/mol. The third-order valence-electron chi connectivity index (χ3n) is 12.9. The molecule has 2 saturated heterocycles. The van der Waals surface area contributed by atoms with Crippen LogP contribution in [0.3, 0.4) is 0 Å². The second-order valence-electron chi connectivity index (χ2n) is 18.4. The molecule has 3 aliphatic heterocycles. The number of fused-ring (bicyclic) bond motifs is 5. The number of nitrogens with one attached hydrogen (secondary N) is 6. The molecule has 1 aromatic carbocycles. The number of epoxide rings is 1. The van der Waals surface area contributed by atoms with E-state index < -0.39 is 108 Å². The fourth-order valence-corrected chi connectivity index (χ4v) is 8.55. The van der Waals surface area contributed by atoms with Crippen LogP contribution in [0.25, 0.3) is 0 Å². The molecule has 0 aromatic heterocycles. The van der Waals surface area contributed by atoms with Crippen molar-refractivity contribution in [2.45, 2.75) is 114 Å². The number of alkyl carbamates (subject to hydrolysis) is 1. The second kappa shape index (κ2) is 27.1. The van der Waals surface area contributed by atoms with Crippen molar-refractivity contribution in [3.63, 3.8) is 0 Å². The van der Waals surface area contributed by atoms with E-state index in [2.05, 4.69) is 31.9 Å². The first kappa shape index (κ1) is 59.2. The summed E-state index contributed by atoms with van der Waals surface area (Å²) < 4.78 is 29.3. The zero-order valence-electron chi connectivity index (χ0n) is 42.6. The summed E-state index contributed by atoms with van der Waals surface area (Å²) in [6.45, 7) is 5.16. The Bertz CT molecular complexity index is 2280. The smallest absolute Gasteiger partial charge is 0.409 e. The van der Waals surface area contributed by atoms with Crippen molar-refractivity contribution in [1.29, 1.82) is 0 Å². The lowest BCUT2D eigenvalue weighted by molar-refractivity contribution is -0.162. The Hall–Kier alpha value is -6.34. The average molecular weight is 1050 g/mol. The highest BCUT2D eigenvalue weighted by Gasteiger charge is 2.64. The number of nitrogens with zero attached hydrogens (tertiary/aromatic N) is 2. The number of unbranched alkanes of at least 4 members (excludes halogenated alkanes) is 2. The van der Waals surface area contributed by atoms with Crippen LogP contribution in [0.5, 0.6) is 5.75 Å². The van der Waals surface area contributed by atoms with Crippen LogP contribution in [0, 0.1) is 5.92 Å². The van der Waals surface area contributed by atoms with E-state index in [0.29, 0.717) is 37.1 Å². The van der Waals surface area contributed by atoms with Gasteiger partial charge in [-0.1, -0.05) is 48.7 Å². The van der Waals surface area contributed by atoms with E-state index in [-0.39, 0.29) is 56.4 Å². The number of carbonyl (C=O) groups is 9. The molecule has 0 aliphatic carbocycles. The van der Waals surface area contributed by atoms with E-state index in [0.717, 1.165) is 11.1 Å². The number of methoxy groups -OCH3 is 2. The Morgan fingerprint density at radius 2 is 1.56 bits per heavy atom.